The Hall–Kier alpha value is -3.54. The Morgan fingerprint density at radius 1 is 1.03 bits per heavy atom. The van der Waals surface area contributed by atoms with Gasteiger partial charge in [0.15, 0.2) is 0 Å². The van der Waals surface area contributed by atoms with E-state index in [1.165, 1.54) is 0 Å². The van der Waals surface area contributed by atoms with Crippen molar-refractivity contribution in [3.8, 4) is 11.1 Å². The summed E-state index contributed by atoms with van der Waals surface area (Å²) in [6, 6.07) is 15.6. The van der Waals surface area contributed by atoms with Crippen LogP contribution in [0.2, 0.25) is 0 Å². The number of carbonyl (C=O) groups is 2. The second kappa shape index (κ2) is 9.08. The van der Waals surface area contributed by atoms with E-state index >= 15 is 0 Å². The Kier molecular flexibility index (Phi) is 6.07. The Labute approximate surface area is 182 Å². The highest BCUT2D eigenvalue weighted by Crippen LogP contribution is 2.37. The van der Waals surface area contributed by atoms with Gasteiger partial charge in [-0.15, -0.1) is 0 Å². The number of pyridine rings is 2. The van der Waals surface area contributed by atoms with E-state index in [9.17, 15) is 9.59 Å². The van der Waals surface area contributed by atoms with Crippen molar-refractivity contribution >= 4 is 11.8 Å². The van der Waals surface area contributed by atoms with Crippen molar-refractivity contribution in [2.75, 3.05) is 20.1 Å². The molecule has 1 saturated heterocycles. The number of rotatable bonds is 5. The van der Waals surface area contributed by atoms with Gasteiger partial charge in [0.05, 0.1) is 11.0 Å². The van der Waals surface area contributed by atoms with E-state index in [0.29, 0.717) is 25.1 Å². The molecule has 0 bridgehead atoms. The van der Waals surface area contributed by atoms with Gasteiger partial charge in [0.2, 0.25) is 5.91 Å². The first kappa shape index (κ1) is 20.7. The molecule has 0 radical (unpaired) electrons. The zero-order valence-electron chi connectivity index (χ0n) is 17.6. The summed E-state index contributed by atoms with van der Waals surface area (Å²) in [4.78, 5) is 36.2. The molecule has 1 fully saturated rings. The third-order valence-corrected chi connectivity index (χ3v) is 6.02. The van der Waals surface area contributed by atoms with Gasteiger partial charge in [0, 0.05) is 44.9 Å². The van der Waals surface area contributed by atoms with Crippen LogP contribution in [0.5, 0.6) is 0 Å². The Bertz CT molecular complexity index is 1060. The fourth-order valence-corrected chi connectivity index (χ4v) is 4.50. The number of likely N-dealkylation sites (tertiary alicyclic amines) is 1. The predicted molar refractivity (Wildman–Crippen MR) is 119 cm³/mol. The van der Waals surface area contributed by atoms with Crippen LogP contribution in [-0.2, 0) is 11.2 Å². The maximum Gasteiger partial charge on any atom is 0.255 e. The van der Waals surface area contributed by atoms with Crippen LogP contribution in [0.4, 0.5) is 0 Å². The lowest BCUT2D eigenvalue weighted by Gasteiger charge is -2.42. The molecule has 4 rings (SSSR count). The Balaban J connectivity index is 1.67. The van der Waals surface area contributed by atoms with Gasteiger partial charge < -0.3 is 10.2 Å². The topological polar surface area (TPSA) is 75.2 Å². The van der Waals surface area contributed by atoms with Crippen molar-refractivity contribution in [3.63, 3.8) is 0 Å². The fourth-order valence-electron chi connectivity index (χ4n) is 4.50. The van der Waals surface area contributed by atoms with Gasteiger partial charge in [-0.25, -0.2) is 0 Å². The van der Waals surface area contributed by atoms with E-state index in [0.717, 1.165) is 29.5 Å². The summed E-state index contributed by atoms with van der Waals surface area (Å²) < 4.78 is 0. The van der Waals surface area contributed by atoms with Crippen LogP contribution in [-0.4, -0.2) is 46.8 Å². The zero-order chi connectivity index (χ0) is 21.7. The molecule has 0 unspecified atom stereocenters. The maximum absolute atomic E-state index is 13.2. The molecule has 3 aromatic rings. The van der Waals surface area contributed by atoms with Crippen molar-refractivity contribution in [2.45, 2.75) is 19.3 Å². The monoisotopic (exact) mass is 414 g/mol. The van der Waals surface area contributed by atoms with Crippen molar-refractivity contribution in [2.24, 2.45) is 5.41 Å². The summed E-state index contributed by atoms with van der Waals surface area (Å²) in [5, 5.41) is 2.86. The standard InChI is InChI=1S/C25H26N4O2/c1-26-24(31)25(11-5-15-29(18-25)23(30)21-7-4-12-28-17-21)16-20-6-2-3-8-22(20)19-9-13-27-14-10-19/h2-4,6-10,12-14,17H,5,11,15-16,18H2,1H3,(H,26,31)/t25-/m0/s1. The van der Waals surface area contributed by atoms with Crippen LogP contribution in [0.25, 0.3) is 11.1 Å². The smallest absolute Gasteiger partial charge is 0.255 e. The second-order valence-electron chi connectivity index (χ2n) is 8.00. The lowest BCUT2D eigenvalue weighted by molar-refractivity contribution is -0.133. The molecule has 0 spiro atoms. The first-order valence-electron chi connectivity index (χ1n) is 10.5. The first-order valence-corrected chi connectivity index (χ1v) is 10.5. The van der Waals surface area contributed by atoms with E-state index in [1.807, 2.05) is 24.3 Å². The lowest BCUT2D eigenvalue weighted by Crippen LogP contribution is -2.54. The number of amides is 2. The summed E-state index contributed by atoms with van der Waals surface area (Å²) in [7, 11) is 1.67. The van der Waals surface area contributed by atoms with Crippen molar-refractivity contribution < 1.29 is 9.59 Å². The molecular formula is C25H26N4O2. The molecule has 1 aromatic carbocycles. The highest BCUT2D eigenvalue weighted by Gasteiger charge is 2.43. The lowest BCUT2D eigenvalue weighted by atomic mass is 9.73. The number of benzene rings is 1. The molecule has 1 atom stereocenters. The minimum Gasteiger partial charge on any atom is -0.359 e. The molecule has 3 heterocycles. The number of nitrogens with zero attached hydrogens (tertiary/aromatic N) is 3. The normalized spacial score (nSPS) is 18.4. The quantitative estimate of drug-likeness (QED) is 0.695. The average molecular weight is 415 g/mol. The van der Waals surface area contributed by atoms with E-state index in [-0.39, 0.29) is 11.8 Å². The average Bonchev–Trinajstić information content (AvgIpc) is 2.84. The number of aromatic nitrogens is 2. The van der Waals surface area contributed by atoms with Gasteiger partial charge in [-0.1, -0.05) is 24.3 Å². The largest absolute Gasteiger partial charge is 0.359 e. The summed E-state index contributed by atoms with van der Waals surface area (Å²) in [5.41, 5.74) is 3.11. The summed E-state index contributed by atoms with van der Waals surface area (Å²) in [5.74, 6) is -0.107. The molecule has 2 aromatic heterocycles. The highest BCUT2D eigenvalue weighted by molar-refractivity contribution is 5.94. The van der Waals surface area contributed by atoms with Gasteiger partial charge in [-0.2, -0.15) is 0 Å². The van der Waals surface area contributed by atoms with Crippen LogP contribution in [0.15, 0.2) is 73.3 Å². The number of hydrogen-bond acceptors (Lipinski definition) is 4. The Morgan fingerprint density at radius 2 is 1.84 bits per heavy atom. The van der Waals surface area contributed by atoms with E-state index in [4.69, 9.17) is 0 Å². The number of hydrogen-bond donors (Lipinski definition) is 1. The van der Waals surface area contributed by atoms with Crippen molar-refractivity contribution in [1.82, 2.24) is 20.2 Å². The Morgan fingerprint density at radius 3 is 2.58 bits per heavy atom. The molecule has 0 aliphatic carbocycles. The minimum absolute atomic E-state index is 0.0271. The molecule has 6 heteroatoms. The number of carbonyl (C=O) groups excluding carboxylic acids is 2. The van der Waals surface area contributed by atoms with E-state index in [1.54, 1.807) is 48.9 Å². The van der Waals surface area contributed by atoms with Gasteiger partial charge in [0.25, 0.3) is 5.91 Å². The molecule has 158 valence electrons. The third kappa shape index (κ3) is 4.33. The highest BCUT2D eigenvalue weighted by atomic mass is 16.2. The van der Waals surface area contributed by atoms with Crippen LogP contribution in [0.3, 0.4) is 0 Å². The van der Waals surface area contributed by atoms with Gasteiger partial charge in [0.1, 0.15) is 0 Å². The molecule has 6 nitrogen and oxygen atoms in total. The molecule has 1 aliphatic rings. The van der Waals surface area contributed by atoms with Gasteiger partial charge in [-0.3, -0.25) is 19.6 Å². The second-order valence-corrected chi connectivity index (χ2v) is 8.00. The minimum atomic E-state index is -0.687. The molecule has 1 N–H and O–H groups in total. The molecule has 2 amide bonds. The number of nitrogens with one attached hydrogen (secondary N) is 1. The van der Waals surface area contributed by atoms with E-state index < -0.39 is 5.41 Å². The van der Waals surface area contributed by atoms with E-state index in [2.05, 4.69) is 27.4 Å². The SMILES string of the molecule is CNC(=O)[C@]1(Cc2ccccc2-c2ccncc2)CCCN(C(=O)c2cccnc2)C1. The summed E-state index contributed by atoms with van der Waals surface area (Å²) in [6.07, 6.45) is 8.84. The molecule has 1 aliphatic heterocycles. The molecular weight excluding hydrogens is 388 g/mol. The van der Waals surface area contributed by atoms with Gasteiger partial charge in [-0.05, 0) is 60.2 Å². The molecule has 0 saturated carbocycles. The number of piperidine rings is 1. The first-order chi connectivity index (χ1) is 15.1. The fraction of sp³-hybridized carbons (Fsp3) is 0.280. The van der Waals surface area contributed by atoms with Crippen molar-refractivity contribution in [3.05, 3.63) is 84.4 Å². The summed E-state index contributed by atoms with van der Waals surface area (Å²) >= 11 is 0. The zero-order valence-corrected chi connectivity index (χ0v) is 17.6. The van der Waals surface area contributed by atoms with Crippen molar-refractivity contribution in [1.29, 1.82) is 0 Å². The summed E-state index contributed by atoms with van der Waals surface area (Å²) in [6.45, 7) is 1.02. The maximum atomic E-state index is 13.2. The van der Waals surface area contributed by atoms with Crippen LogP contribution in [0.1, 0.15) is 28.8 Å². The predicted octanol–water partition coefficient (Wildman–Crippen LogP) is 3.35. The van der Waals surface area contributed by atoms with Crippen LogP contribution >= 0.6 is 0 Å². The van der Waals surface area contributed by atoms with Gasteiger partial charge >= 0.3 is 0 Å². The van der Waals surface area contributed by atoms with Crippen LogP contribution in [0, 0.1) is 5.41 Å². The van der Waals surface area contributed by atoms with Crippen LogP contribution < -0.4 is 5.32 Å². The molecule has 31 heavy (non-hydrogen) atoms. The third-order valence-electron chi connectivity index (χ3n) is 6.02.